The molecule has 0 radical (unpaired) electrons. The smallest absolute Gasteiger partial charge is 0.327 e. The standard InChI is InChI=1S/C28H32N2O5S2/c1-11(2)20(26(33)34)30-24(31)18-14-10-15(19(18)25(30)32)21-17(14)16(22-23(36-21)29-27(35)37-22)12-6-8-13(9-7-12)28(3,4)5/h6-9,11,14-21H,10H2,1-5H3,(H,29,35)(H,33,34)/t14-,15-,16-,17-,18+,19-,20-,21+/m1/s1. The molecule has 2 saturated carbocycles. The number of carboxylic acids is 1. The van der Waals surface area contributed by atoms with Crippen molar-refractivity contribution in [2.24, 2.45) is 35.5 Å². The van der Waals surface area contributed by atoms with Crippen molar-refractivity contribution in [1.82, 2.24) is 9.88 Å². The van der Waals surface area contributed by atoms with Crippen LogP contribution in [0.2, 0.25) is 0 Å². The molecule has 2 bridgehead atoms. The number of amides is 2. The number of thiazole rings is 1. The van der Waals surface area contributed by atoms with Crippen molar-refractivity contribution in [2.45, 2.75) is 68.7 Å². The largest absolute Gasteiger partial charge is 0.480 e. The van der Waals surface area contributed by atoms with Crippen LogP contribution in [-0.2, 0) is 19.8 Å². The van der Waals surface area contributed by atoms with Gasteiger partial charge in [0, 0.05) is 16.0 Å². The molecule has 2 aliphatic heterocycles. The number of nitrogens with one attached hydrogen (secondary N) is 1. The van der Waals surface area contributed by atoms with Gasteiger partial charge in [0.25, 0.3) is 0 Å². The molecule has 0 unspecified atom stereocenters. The molecule has 0 spiro atoms. The normalized spacial score (nSPS) is 33.0. The highest BCUT2D eigenvalue weighted by Gasteiger charge is 2.70. The van der Waals surface area contributed by atoms with Crippen LogP contribution >= 0.6 is 23.1 Å². The third-order valence-corrected chi connectivity index (χ3v) is 11.6. The van der Waals surface area contributed by atoms with Gasteiger partial charge in [-0.15, -0.1) is 11.8 Å². The summed E-state index contributed by atoms with van der Waals surface area (Å²) in [7, 11) is 0. The number of imide groups is 1. The quantitative estimate of drug-likeness (QED) is 0.560. The van der Waals surface area contributed by atoms with Crippen molar-refractivity contribution in [3.8, 4) is 0 Å². The lowest BCUT2D eigenvalue weighted by Crippen LogP contribution is -2.49. The maximum atomic E-state index is 13.7. The number of aliphatic carboxylic acids is 1. The monoisotopic (exact) mass is 540 g/mol. The first-order chi connectivity index (χ1) is 17.4. The van der Waals surface area contributed by atoms with E-state index < -0.39 is 23.8 Å². The van der Waals surface area contributed by atoms with Crippen LogP contribution in [0.25, 0.3) is 0 Å². The zero-order valence-electron chi connectivity index (χ0n) is 21.6. The lowest BCUT2D eigenvalue weighted by atomic mass is 9.68. The van der Waals surface area contributed by atoms with Crippen LogP contribution in [0.4, 0.5) is 0 Å². The number of thioether (sulfide) groups is 1. The summed E-state index contributed by atoms with van der Waals surface area (Å²) in [5.41, 5.74) is 2.38. The second-order valence-electron chi connectivity index (χ2n) is 12.4. The van der Waals surface area contributed by atoms with Gasteiger partial charge in [0.15, 0.2) is 0 Å². The number of rotatable bonds is 4. The van der Waals surface area contributed by atoms with Crippen LogP contribution in [0.3, 0.4) is 0 Å². The first-order valence-electron chi connectivity index (χ1n) is 13.0. The Morgan fingerprint density at radius 3 is 2.24 bits per heavy atom. The molecule has 8 atom stereocenters. The minimum Gasteiger partial charge on any atom is -0.480 e. The third-order valence-electron chi connectivity index (χ3n) is 9.06. The van der Waals surface area contributed by atoms with Crippen LogP contribution < -0.4 is 4.87 Å². The highest BCUT2D eigenvalue weighted by molar-refractivity contribution is 8.00. The summed E-state index contributed by atoms with van der Waals surface area (Å²) >= 11 is 2.90. The maximum Gasteiger partial charge on any atom is 0.327 e. The number of H-pyrrole nitrogens is 1. The lowest BCUT2D eigenvalue weighted by molar-refractivity contribution is -0.157. The van der Waals surface area contributed by atoms with E-state index in [9.17, 15) is 24.3 Å². The number of hydrogen-bond acceptors (Lipinski definition) is 6. The van der Waals surface area contributed by atoms with Gasteiger partial charge in [-0.05, 0) is 46.6 Å². The summed E-state index contributed by atoms with van der Waals surface area (Å²) in [6.45, 7) is 10.0. The first-order valence-corrected chi connectivity index (χ1v) is 14.7. The predicted octanol–water partition coefficient (Wildman–Crippen LogP) is 4.32. The van der Waals surface area contributed by atoms with Gasteiger partial charge in [-0.1, -0.05) is 70.2 Å². The Morgan fingerprint density at radius 1 is 1.05 bits per heavy atom. The first kappa shape index (κ1) is 24.9. The Morgan fingerprint density at radius 2 is 1.68 bits per heavy atom. The number of aromatic nitrogens is 1. The van der Waals surface area contributed by atoms with Crippen molar-refractivity contribution in [3.63, 3.8) is 0 Å². The molecule has 37 heavy (non-hydrogen) atoms. The molecule has 7 nitrogen and oxygen atoms in total. The molecule has 2 amide bonds. The molecule has 6 rings (SSSR count). The third kappa shape index (κ3) is 3.52. The van der Waals surface area contributed by atoms with Crippen LogP contribution in [0.1, 0.15) is 63.0 Å². The molecule has 196 valence electrons. The summed E-state index contributed by atoms with van der Waals surface area (Å²) in [6, 6.07) is 7.48. The van der Waals surface area contributed by atoms with Gasteiger partial charge in [-0.2, -0.15) is 0 Å². The van der Waals surface area contributed by atoms with Gasteiger partial charge in [-0.3, -0.25) is 19.3 Å². The van der Waals surface area contributed by atoms with Gasteiger partial charge in [-0.25, -0.2) is 4.79 Å². The minimum atomic E-state index is -1.14. The number of benzene rings is 1. The number of carbonyl (C=O) groups excluding carboxylic acids is 2. The number of nitrogens with zero attached hydrogens (tertiary/aromatic N) is 1. The summed E-state index contributed by atoms with van der Waals surface area (Å²) in [6.07, 6.45) is 0.790. The van der Waals surface area contributed by atoms with E-state index in [1.807, 2.05) is 0 Å². The average Bonchev–Trinajstić information content (AvgIpc) is 3.53. The highest BCUT2D eigenvalue weighted by Crippen LogP contribution is 2.68. The van der Waals surface area contributed by atoms with Crippen LogP contribution in [-0.4, -0.2) is 44.1 Å². The van der Waals surface area contributed by atoms with Crippen LogP contribution in [0.5, 0.6) is 0 Å². The summed E-state index contributed by atoms with van der Waals surface area (Å²) in [5, 5.41) is 10.8. The molecule has 9 heteroatoms. The van der Waals surface area contributed by atoms with Crippen molar-refractivity contribution < 1.29 is 19.5 Å². The zero-order chi connectivity index (χ0) is 26.5. The average molecular weight is 541 g/mol. The Hall–Kier alpha value is -2.39. The van der Waals surface area contributed by atoms with E-state index in [0.29, 0.717) is 0 Å². The van der Waals surface area contributed by atoms with Crippen molar-refractivity contribution in [3.05, 3.63) is 49.9 Å². The Bertz CT molecular complexity index is 1350. The molecule has 3 heterocycles. The molecule has 1 saturated heterocycles. The summed E-state index contributed by atoms with van der Waals surface area (Å²) in [4.78, 5) is 56.9. The number of likely N-dealkylation sites (tertiary alicyclic amines) is 1. The van der Waals surface area contributed by atoms with Crippen molar-refractivity contribution in [1.29, 1.82) is 0 Å². The second-order valence-corrected chi connectivity index (χ2v) is 14.6. The van der Waals surface area contributed by atoms with Gasteiger partial charge in [0.2, 0.25) is 11.8 Å². The van der Waals surface area contributed by atoms with E-state index in [1.54, 1.807) is 25.6 Å². The molecular formula is C28H32N2O5S2. The van der Waals surface area contributed by atoms with E-state index in [1.165, 1.54) is 16.9 Å². The molecule has 2 aliphatic carbocycles. The number of fused-ring (bicyclic) bond motifs is 9. The number of hydrogen-bond donors (Lipinski definition) is 2. The Labute approximate surface area is 224 Å². The molecule has 4 aliphatic rings. The number of aromatic amines is 1. The van der Waals surface area contributed by atoms with Crippen molar-refractivity contribution in [2.75, 3.05) is 0 Å². The van der Waals surface area contributed by atoms with Crippen molar-refractivity contribution >= 4 is 40.9 Å². The number of carbonyl (C=O) groups is 3. The van der Waals surface area contributed by atoms with Gasteiger partial charge in [0.05, 0.1) is 16.9 Å². The topological polar surface area (TPSA) is 108 Å². The SMILES string of the molecule is CC(C)[C@H](C(=O)O)N1C(=O)[C@@H]2[C@H]3C[C@@H]([C@@H]2C1=O)[C@@H]1[C@@H](c2ccc(C(C)(C)C)cc2)c2sc(=O)[nH]c2S[C@@H]31. The maximum absolute atomic E-state index is 13.7. The van der Waals surface area contributed by atoms with E-state index in [4.69, 9.17) is 0 Å². The van der Waals surface area contributed by atoms with Crippen LogP contribution in [0.15, 0.2) is 34.1 Å². The summed E-state index contributed by atoms with van der Waals surface area (Å²) in [5.74, 6) is -3.05. The molecule has 1 aromatic carbocycles. The highest BCUT2D eigenvalue weighted by atomic mass is 32.2. The number of carboxylic acid groups (broad SMARTS) is 1. The fraction of sp³-hybridized carbons (Fsp3) is 0.571. The van der Waals surface area contributed by atoms with Gasteiger partial charge in [0.1, 0.15) is 6.04 Å². The Kier molecular flexibility index (Phi) is 5.59. The predicted molar refractivity (Wildman–Crippen MR) is 142 cm³/mol. The lowest BCUT2D eigenvalue weighted by Gasteiger charge is -2.43. The molecule has 2 N–H and O–H groups in total. The fourth-order valence-corrected chi connectivity index (χ4v) is 10.5. The van der Waals surface area contributed by atoms with Crippen LogP contribution in [0, 0.1) is 35.5 Å². The van der Waals surface area contributed by atoms with E-state index in [-0.39, 0.29) is 56.9 Å². The summed E-state index contributed by atoms with van der Waals surface area (Å²) < 4.78 is 0. The van der Waals surface area contributed by atoms with Gasteiger partial charge >= 0.3 is 10.8 Å². The molecule has 1 aromatic heterocycles. The molecule has 3 fully saturated rings. The molecule has 2 aromatic rings. The fourth-order valence-electron chi connectivity index (χ4n) is 7.57. The van der Waals surface area contributed by atoms with E-state index >= 15 is 0 Å². The van der Waals surface area contributed by atoms with E-state index in [2.05, 4.69) is 50.0 Å². The second kappa shape index (κ2) is 8.30. The minimum absolute atomic E-state index is 0.0130. The van der Waals surface area contributed by atoms with E-state index in [0.717, 1.165) is 26.8 Å². The molecular weight excluding hydrogens is 508 g/mol. The zero-order valence-corrected chi connectivity index (χ0v) is 23.2. The van der Waals surface area contributed by atoms with Gasteiger partial charge < -0.3 is 10.1 Å². The Balaban J connectivity index is 1.42.